The topological polar surface area (TPSA) is 16.1 Å². The number of hydrogen-bond acceptors (Lipinski definition) is 3. The molecule has 0 aliphatic carbocycles. The molecule has 1 aromatic heterocycles. The standard InChI is InChI=1S/C22H30N2S/c1-5-18-8-7-9-19(6-2)22(18)21-14-16(3)20(17(4)23-21)15-24-10-12-25-13-11-24/h7-9,14H,5-6,10-13,15H2,1-4H3. The second-order valence-electron chi connectivity index (χ2n) is 6.94. The summed E-state index contributed by atoms with van der Waals surface area (Å²) in [4.78, 5) is 7.63. The van der Waals surface area contributed by atoms with Crippen LogP contribution in [0.1, 0.15) is 41.8 Å². The van der Waals surface area contributed by atoms with Gasteiger partial charge in [-0.3, -0.25) is 9.88 Å². The van der Waals surface area contributed by atoms with E-state index in [-0.39, 0.29) is 0 Å². The van der Waals surface area contributed by atoms with Crippen LogP contribution in [-0.4, -0.2) is 34.5 Å². The number of hydrogen-bond donors (Lipinski definition) is 0. The quantitative estimate of drug-likeness (QED) is 0.748. The zero-order chi connectivity index (χ0) is 17.8. The molecule has 0 N–H and O–H groups in total. The van der Waals surface area contributed by atoms with E-state index in [1.807, 2.05) is 0 Å². The Kier molecular flexibility index (Phi) is 6.19. The lowest BCUT2D eigenvalue weighted by Gasteiger charge is -2.27. The lowest BCUT2D eigenvalue weighted by atomic mass is 9.93. The van der Waals surface area contributed by atoms with Crippen LogP contribution in [0.5, 0.6) is 0 Å². The van der Waals surface area contributed by atoms with Crippen LogP contribution in [0.2, 0.25) is 0 Å². The van der Waals surface area contributed by atoms with Gasteiger partial charge in [0, 0.05) is 42.4 Å². The lowest BCUT2D eigenvalue weighted by molar-refractivity contribution is 0.293. The Morgan fingerprint density at radius 1 is 1.04 bits per heavy atom. The average Bonchev–Trinajstić information content (AvgIpc) is 2.64. The number of rotatable bonds is 5. The molecular formula is C22H30N2S. The third kappa shape index (κ3) is 4.09. The molecule has 0 unspecified atom stereocenters. The molecule has 0 amide bonds. The van der Waals surface area contributed by atoms with Crippen molar-refractivity contribution in [3.8, 4) is 11.3 Å². The zero-order valence-electron chi connectivity index (χ0n) is 16.1. The molecule has 1 aliphatic rings. The molecule has 0 atom stereocenters. The Bertz CT molecular complexity index is 688. The normalized spacial score (nSPS) is 15.5. The van der Waals surface area contributed by atoms with Crippen molar-refractivity contribution in [2.24, 2.45) is 0 Å². The van der Waals surface area contributed by atoms with Crippen LogP contribution in [0.25, 0.3) is 11.3 Å². The number of pyridine rings is 1. The largest absolute Gasteiger partial charge is 0.297 e. The summed E-state index contributed by atoms with van der Waals surface area (Å²) in [6.45, 7) is 12.4. The van der Waals surface area contributed by atoms with Crippen molar-refractivity contribution >= 4 is 11.8 Å². The second kappa shape index (κ2) is 8.37. The molecule has 1 saturated heterocycles. The lowest BCUT2D eigenvalue weighted by Crippen LogP contribution is -2.32. The maximum atomic E-state index is 5.06. The van der Waals surface area contributed by atoms with Crippen molar-refractivity contribution in [2.75, 3.05) is 24.6 Å². The third-order valence-electron chi connectivity index (χ3n) is 5.29. The monoisotopic (exact) mass is 354 g/mol. The summed E-state index contributed by atoms with van der Waals surface area (Å²) in [5.41, 5.74) is 9.33. The molecule has 0 bridgehead atoms. The van der Waals surface area contributed by atoms with Gasteiger partial charge in [-0.05, 0) is 55.0 Å². The van der Waals surface area contributed by atoms with Gasteiger partial charge in [-0.2, -0.15) is 11.8 Å². The molecule has 3 heteroatoms. The minimum absolute atomic E-state index is 1.04. The molecular weight excluding hydrogens is 324 g/mol. The number of thioether (sulfide) groups is 1. The maximum absolute atomic E-state index is 5.06. The van der Waals surface area contributed by atoms with Crippen LogP contribution >= 0.6 is 11.8 Å². The fraction of sp³-hybridized carbons (Fsp3) is 0.500. The Labute approximate surface area is 157 Å². The zero-order valence-corrected chi connectivity index (χ0v) is 16.9. The first-order valence-corrected chi connectivity index (χ1v) is 10.7. The molecule has 3 rings (SSSR count). The number of benzene rings is 1. The van der Waals surface area contributed by atoms with Gasteiger partial charge in [0.05, 0.1) is 5.69 Å². The van der Waals surface area contributed by atoms with Crippen molar-refractivity contribution in [1.82, 2.24) is 9.88 Å². The summed E-state index contributed by atoms with van der Waals surface area (Å²) in [5.74, 6) is 2.51. The van der Waals surface area contributed by atoms with Crippen LogP contribution in [0.4, 0.5) is 0 Å². The highest BCUT2D eigenvalue weighted by atomic mass is 32.2. The molecule has 25 heavy (non-hydrogen) atoms. The van der Waals surface area contributed by atoms with E-state index in [1.165, 1.54) is 58.1 Å². The van der Waals surface area contributed by atoms with Gasteiger partial charge >= 0.3 is 0 Å². The molecule has 0 radical (unpaired) electrons. The molecule has 1 fully saturated rings. The van der Waals surface area contributed by atoms with Crippen LogP contribution in [0.15, 0.2) is 24.3 Å². The number of aromatic nitrogens is 1. The summed E-state index contributed by atoms with van der Waals surface area (Å²) >= 11 is 2.07. The van der Waals surface area contributed by atoms with Gasteiger partial charge in [0.2, 0.25) is 0 Å². The van der Waals surface area contributed by atoms with Gasteiger partial charge in [0.1, 0.15) is 0 Å². The minimum Gasteiger partial charge on any atom is -0.297 e. The summed E-state index contributed by atoms with van der Waals surface area (Å²) < 4.78 is 0. The average molecular weight is 355 g/mol. The molecule has 2 heterocycles. The predicted molar refractivity (Wildman–Crippen MR) is 111 cm³/mol. The highest BCUT2D eigenvalue weighted by Crippen LogP contribution is 2.30. The van der Waals surface area contributed by atoms with E-state index in [2.05, 4.69) is 68.6 Å². The molecule has 1 aliphatic heterocycles. The third-order valence-corrected chi connectivity index (χ3v) is 6.24. The highest BCUT2D eigenvalue weighted by molar-refractivity contribution is 7.99. The van der Waals surface area contributed by atoms with Gasteiger partial charge < -0.3 is 0 Å². The maximum Gasteiger partial charge on any atom is 0.0713 e. The van der Waals surface area contributed by atoms with Crippen LogP contribution in [-0.2, 0) is 19.4 Å². The first kappa shape index (κ1) is 18.5. The van der Waals surface area contributed by atoms with E-state index in [4.69, 9.17) is 4.98 Å². The van der Waals surface area contributed by atoms with Crippen LogP contribution in [0, 0.1) is 13.8 Å². The fourth-order valence-electron chi connectivity index (χ4n) is 3.78. The van der Waals surface area contributed by atoms with E-state index in [9.17, 15) is 0 Å². The van der Waals surface area contributed by atoms with Gasteiger partial charge in [-0.25, -0.2) is 0 Å². The highest BCUT2D eigenvalue weighted by Gasteiger charge is 2.17. The Balaban J connectivity index is 1.97. The van der Waals surface area contributed by atoms with E-state index in [1.54, 1.807) is 0 Å². The first-order valence-electron chi connectivity index (χ1n) is 9.52. The number of nitrogens with zero attached hydrogens (tertiary/aromatic N) is 2. The van der Waals surface area contributed by atoms with Gasteiger partial charge in [-0.15, -0.1) is 0 Å². The van der Waals surface area contributed by atoms with E-state index in [0.29, 0.717) is 0 Å². The van der Waals surface area contributed by atoms with Crippen molar-refractivity contribution in [3.63, 3.8) is 0 Å². The first-order chi connectivity index (χ1) is 12.1. The molecule has 2 aromatic rings. The van der Waals surface area contributed by atoms with E-state index in [0.717, 1.165) is 25.1 Å². The fourth-order valence-corrected chi connectivity index (χ4v) is 4.76. The van der Waals surface area contributed by atoms with Crippen molar-refractivity contribution in [3.05, 3.63) is 52.2 Å². The Hall–Kier alpha value is -1.32. The minimum atomic E-state index is 1.04. The Morgan fingerprint density at radius 2 is 1.68 bits per heavy atom. The molecule has 2 nitrogen and oxygen atoms in total. The summed E-state index contributed by atoms with van der Waals surface area (Å²) in [7, 11) is 0. The van der Waals surface area contributed by atoms with Gasteiger partial charge in [-0.1, -0.05) is 32.0 Å². The molecule has 0 spiro atoms. The van der Waals surface area contributed by atoms with Crippen LogP contribution < -0.4 is 0 Å². The predicted octanol–water partition coefficient (Wildman–Crippen LogP) is 5.04. The van der Waals surface area contributed by atoms with Crippen molar-refractivity contribution < 1.29 is 0 Å². The van der Waals surface area contributed by atoms with E-state index >= 15 is 0 Å². The smallest absolute Gasteiger partial charge is 0.0713 e. The molecule has 134 valence electrons. The summed E-state index contributed by atoms with van der Waals surface area (Å²) in [6.07, 6.45) is 2.10. The second-order valence-corrected chi connectivity index (χ2v) is 8.16. The van der Waals surface area contributed by atoms with Crippen molar-refractivity contribution in [2.45, 2.75) is 47.1 Å². The number of aryl methyl sites for hydroxylation is 4. The molecule has 1 aromatic carbocycles. The summed E-state index contributed by atoms with van der Waals surface area (Å²) in [5, 5.41) is 0. The molecule has 0 saturated carbocycles. The van der Waals surface area contributed by atoms with Gasteiger partial charge in [0.15, 0.2) is 0 Å². The Morgan fingerprint density at radius 3 is 2.24 bits per heavy atom. The van der Waals surface area contributed by atoms with E-state index < -0.39 is 0 Å². The summed E-state index contributed by atoms with van der Waals surface area (Å²) in [6, 6.07) is 9.00. The van der Waals surface area contributed by atoms with Gasteiger partial charge in [0.25, 0.3) is 0 Å². The van der Waals surface area contributed by atoms with Crippen molar-refractivity contribution in [1.29, 1.82) is 0 Å². The SMILES string of the molecule is CCc1cccc(CC)c1-c1cc(C)c(CN2CCSCC2)c(C)n1. The van der Waals surface area contributed by atoms with Crippen LogP contribution in [0.3, 0.4) is 0 Å².